The van der Waals surface area contributed by atoms with Gasteiger partial charge in [-0.3, -0.25) is 4.99 Å². The predicted octanol–water partition coefficient (Wildman–Crippen LogP) is 4.30. The largest absolute Gasteiger partial charge is 0.335 e. The molecule has 1 aromatic rings. The average molecular weight is 313 g/mol. The van der Waals surface area contributed by atoms with Gasteiger partial charge in [0.15, 0.2) is 5.17 Å². The molecule has 4 heteroatoms. The highest BCUT2D eigenvalue weighted by molar-refractivity contribution is 9.10. The summed E-state index contributed by atoms with van der Waals surface area (Å²) in [5.74, 6) is 1.71. The minimum Gasteiger partial charge on any atom is -0.335 e. The molecule has 0 aromatic heterocycles. The zero-order chi connectivity index (χ0) is 12.4. The van der Waals surface area contributed by atoms with Crippen LogP contribution in [-0.4, -0.2) is 17.0 Å². The molecule has 1 N–H and O–H groups in total. The standard InChI is InChI=1S/C13H17BrN2S/c1-8(2)12-7-17-13(16-12)15-11-6-4-5-10(14)9(11)3/h4-6,8,12H,7H2,1-3H3,(H,15,16). The fourth-order valence-corrected chi connectivity index (χ4v) is 3.20. The zero-order valence-corrected chi connectivity index (χ0v) is 12.7. The number of aliphatic imine (C=N–C) groups is 1. The number of rotatable bonds is 2. The molecule has 1 aromatic carbocycles. The van der Waals surface area contributed by atoms with E-state index in [0.29, 0.717) is 12.0 Å². The van der Waals surface area contributed by atoms with E-state index in [0.717, 1.165) is 21.1 Å². The number of anilines is 1. The van der Waals surface area contributed by atoms with E-state index < -0.39 is 0 Å². The maximum Gasteiger partial charge on any atom is 0.161 e. The molecule has 2 nitrogen and oxygen atoms in total. The first kappa shape index (κ1) is 13.0. The van der Waals surface area contributed by atoms with E-state index in [4.69, 9.17) is 4.99 Å². The van der Waals surface area contributed by atoms with Gasteiger partial charge in [0.25, 0.3) is 0 Å². The van der Waals surface area contributed by atoms with Crippen molar-refractivity contribution in [2.45, 2.75) is 26.8 Å². The Morgan fingerprint density at radius 3 is 2.88 bits per heavy atom. The van der Waals surface area contributed by atoms with Gasteiger partial charge in [0, 0.05) is 15.9 Å². The van der Waals surface area contributed by atoms with Gasteiger partial charge in [0.2, 0.25) is 0 Å². The third kappa shape index (κ3) is 3.05. The van der Waals surface area contributed by atoms with Crippen molar-refractivity contribution >= 4 is 38.5 Å². The maximum absolute atomic E-state index is 4.71. The summed E-state index contributed by atoms with van der Waals surface area (Å²) in [5.41, 5.74) is 2.36. The summed E-state index contributed by atoms with van der Waals surface area (Å²) in [6.45, 7) is 6.55. The molecule has 0 bridgehead atoms. The van der Waals surface area contributed by atoms with Gasteiger partial charge in [0.05, 0.1) is 6.04 Å². The Labute approximate surface area is 115 Å². The van der Waals surface area contributed by atoms with E-state index in [-0.39, 0.29) is 0 Å². The molecule has 1 heterocycles. The van der Waals surface area contributed by atoms with Crippen molar-refractivity contribution in [3.63, 3.8) is 0 Å². The van der Waals surface area contributed by atoms with E-state index in [9.17, 15) is 0 Å². The molecule has 17 heavy (non-hydrogen) atoms. The molecule has 1 atom stereocenters. The number of benzene rings is 1. The summed E-state index contributed by atoms with van der Waals surface area (Å²) in [6, 6.07) is 6.64. The molecular weight excluding hydrogens is 296 g/mol. The lowest BCUT2D eigenvalue weighted by molar-refractivity contribution is 0.543. The van der Waals surface area contributed by atoms with Crippen molar-refractivity contribution in [1.29, 1.82) is 0 Å². The van der Waals surface area contributed by atoms with E-state index in [1.807, 2.05) is 17.8 Å². The van der Waals surface area contributed by atoms with Gasteiger partial charge in [-0.1, -0.05) is 47.6 Å². The minimum atomic E-state index is 0.454. The van der Waals surface area contributed by atoms with E-state index in [1.165, 1.54) is 5.56 Å². The molecule has 92 valence electrons. The molecule has 0 aliphatic carbocycles. The van der Waals surface area contributed by atoms with Crippen LogP contribution in [0.3, 0.4) is 0 Å². The summed E-state index contributed by atoms with van der Waals surface area (Å²) in [7, 11) is 0. The highest BCUT2D eigenvalue weighted by atomic mass is 79.9. The number of nitrogens with one attached hydrogen (secondary N) is 1. The quantitative estimate of drug-likeness (QED) is 0.880. The molecule has 0 saturated heterocycles. The van der Waals surface area contributed by atoms with Crippen LogP contribution in [0, 0.1) is 12.8 Å². The second kappa shape index (κ2) is 5.44. The summed E-state index contributed by atoms with van der Waals surface area (Å²) in [4.78, 5) is 4.71. The number of thioether (sulfide) groups is 1. The highest BCUT2D eigenvalue weighted by Crippen LogP contribution is 2.28. The van der Waals surface area contributed by atoms with Gasteiger partial charge < -0.3 is 5.32 Å². The van der Waals surface area contributed by atoms with Gasteiger partial charge in [-0.15, -0.1) is 0 Å². The van der Waals surface area contributed by atoms with E-state index in [1.54, 1.807) is 0 Å². The van der Waals surface area contributed by atoms with Crippen molar-refractivity contribution < 1.29 is 0 Å². The summed E-state index contributed by atoms with van der Waals surface area (Å²) in [6.07, 6.45) is 0. The van der Waals surface area contributed by atoms with Gasteiger partial charge in [-0.25, -0.2) is 0 Å². The van der Waals surface area contributed by atoms with E-state index in [2.05, 4.69) is 54.2 Å². The summed E-state index contributed by atoms with van der Waals surface area (Å²) < 4.78 is 1.13. The van der Waals surface area contributed by atoms with Gasteiger partial charge in [-0.2, -0.15) is 0 Å². The smallest absolute Gasteiger partial charge is 0.161 e. The first-order valence-corrected chi connectivity index (χ1v) is 7.58. The monoisotopic (exact) mass is 312 g/mol. The second-order valence-electron chi connectivity index (χ2n) is 4.59. The highest BCUT2D eigenvalue weighted by Gasteiger charge is 2.21. The van der Waals surface area contributed by atoms with Gasteiger partial charge in [0.1, 0.15) is 0 Å². The Morgan fingerprint density at radius 1 is 1.47 bits per heavy atom. The van der Waals surface area contributed by atoms with Crippen molar-refractivity contribution in [3.8, 4) is 0 Å². The van der Waals surface area contributed by atoms with Crippen molar-refractivity contribution in [2.75, 3.05) is 11.1 Å². The molecule has 1 aliphatic rings. The average Bonchev–Trinajstić information content (AvgIpc) is 2.73. The van der Waals surface area contributed by atoms with Crippen LogP contribution in [0.5, 0.6) is 0 Å². The summed E-state index contributed by atoms with van der Waals surface area (Å²) >= 11 is 5.36. The molecule has 1 unspecified atom stereocenters. The molecule has 0 fully saturated rings. The second-order valence-corrected chi connectivity index (χ2v) is 6.46. The molecule has 0 saturated carbocycles. The Bertz CT molecular complexity index is 443. The lowest BCUT2D eigenvalue weighted by Crippen LogP contribution is -2.12. The van der Waals surface area contributed by atoms with Crippen LogP contribution < -0.4 is 5.32 Å². The Kier molecular flexibility index (Phi) is 4.15. The molecule has 1 aliphatic heterocycles. The number of nitrogens with zero attached hydrogens (tertiary/aromatic N) is 1. The SMILES string of the molecule is Cc1c(Br)cccc1NC1=NC(C(C)C)CS1. The molecule has 0 amide bonds. The van der Waals surface area contributed by atoms with Crippen LogP contribution in [-0.2, 0) is 0 Å². The summed E-state index contributed by atoms with van der Waals surface area (Å²) in [5, 5.41) is 4.46. The van der Waals surface area contributed by atoms with Crippen molar-refractivity contribution in [1.82, 2.24) is 0 Å². The topological polar surface area (TPSA) is 24.4 Å². The first-order valence-electron chi connectivity index (χ1n) is 5.80. The van der Waals surface area contributed by atoms with Crippen LogP contribution in [0.4, 0.5) is 5.69 Å². The third-order valence-corrected chi connectivity index (χ3v) is 4.80. The van der Waals surface area contributed by atoms with Crippen LogP contribution >= 0.6 is 27.7 Å². The molecule has 0 spiro atoms. The predicted molar refractivity (Wildman–Crippen MR) is 81.0 cm³/mol. The Morgan fingerprint density at radius 2 is 2.24 bits per heavy atom. The normalized spacial score (nSPS) is 19.6. The minimum absolute atomic E-state index is 0.454. The number of hydrogen-bond donors (Lipinski definition) is 1. The van der Waals surface area contributed by atoms with Crippen LogP contribution in [0.25, 0.3) is 0 Å². The van der Waals surface area contributed by atoms with Crippen LogP contribution in [0.1, 0.15) is 19.4 Å². The fourth-order valence-electron chi connectivity index (χ4n) is 1.66. The van der Waals surface area contributed by atoms with Crippen molar-refractivity contribution in [2.24, 2.45) is 10.9 Å². The molecule has 0 radical (unpaired) electrons. The number of hydrogen-bond acceptors (Lipinski definition) is 3. The van der Waals surface area contributed by atoms with Crippen molar-refractivity contribution in [3.05, 3.63) is 28.2 Å². The third-order valence-electron chi connectivity index (χ3n) is 2.95. The number of amidine groups is 1. The van der Waals surface area contributed by atoms with Crippen LogP contribution in [0.2, 0.25) is 0 Å². The Balaban J connectivity index is 2.12. The molecule has 2 rings (SSSR count). The number of halogens is 1. The van der Waals surface area contributed by atoms with Crippen LogP contribution in [0.15, 0.2) is 27.7 Å². The Hall–Kier alpha value is -0.480. The lowest BCUT2D eigenvalue weighted by Gasteiger charge is -2.10. The zero-order valence-electron chi connectivity index (χ0n) is 10.3. The van der Waals surface area contributed by atoms with Gasteiger partial charge in [-0.05, 0) is 30.5 Å². The fraction of sp³-hybridized carbons (Fsp3) is 0.462. The van der Waals surface area contributed by atoms with Gasteiger partial charge >= 0.3 is 0 Å². The molecular formula is C13H17BrN2S. The van der Waals surface area contributed by atoms with E-state index >= 15 is 0 Å². The first-order chi connectivity index (χ1) is 8.08. The lowest BCUT2D eigenvalue weighted by atomic mass is 10.1. The maximum atomic E-state index is 4.71.